The van der Waals surface area contributed by atoms with Crippen LogP contribution in [-0.4, -0.2) is 26.1 Å². The second-order valence-corrected chi connectivity index (χ2v) is 7.79. The van der Waals surface area contributed by atoms with Crippen LogP contribution in [0.3, 0.4) is 0 Å². The summed E-state index contributed by atoms with van der Waals surface area (Å²) in [5.41, 5.74) is 2.36. The molecule has 0 bridgehead atoms. The van der Waals surface area contributed by atoms with Gasteiger partial charge in [-0.2, -0.15) is 0 Å². The molecule has 0 spiro atoms. The van der Waals surface area contributed by atoms with E-state index in [1.165, 1.54) is 0 Å². The average molecular weight is 367 g/mol. The molecule has 0 fully saturated rings. The number of tetrazole rings is 1. The summed E-state index contributed by atoms with van der Waals surface area (Å²) in [6, 6.07) is 17.0. The van der Waals surface area contributed by atoms with Gasteiger partial charge < -0.3 is 5.32 Å². The number of hydrogen-bond donors (Lipinski definition) is 1. The van der Waals surface area contributed by atoms with E-state index >= 15 is 0 Å². The number of carbonyl (C=O) groups excluding carboxylic acids is 1. The minimum absolute atomic E-state index is 0.118. The molecule has 0 aliphatic heterocycles. The molecule has 0 atom stereocenters. The van der Waals surface area contributed by atoms with Crippen LogP contribution in [0, 0.1) is 0 Å². The number of benzene rings is 2. The lowest BCUT2D eigenvalue weighted by molar-refractivity contribution is 0.102. The molecule has 0 aliphatic rings. The zero-order chi connectivity index (χ0) is 18.6. The lowest BCUT2D eigenvalue weighted by Crippen LogP contribution is -2.24. The molecule has 1 aromatic heterocycles. The number of carbonyl (C=O) groups is 1. The Balaban J connectivity index is 1.61. The van der Waals surface area contributed by atoms with Crippen molar-refractivity contribution in [3.63, 3.8) is 0 Å². The van der Waals surface area contributed by atoms with Crippen LogP contribution in [0.15, 0.2) is 59.8 Å². The number of aromatic nitrogens is 4. The molecule has 134 valence electrons. The van der Waals surface area contributed by atoms with Gasteiger partial charge in [0.15, 0.2) is 0 Å². The van der Waals surface area contributed by atoms with E-state index in [0.717, 1.165) is 22.2 Å². The Morgan fingerprint density at radius 1 is 1.08 bits per heavy atom. The van der Waals surface area contributed by atoms with Crippen molar-refractivity contribution in [2.45, 2.75) is 37.2 Å². The molecule has 0 saturated carbocycles. The highest BCUT2D eigenvalue weighted by atomic mass is 32.2. The van der Waals surface area contributed by atoms with Crippen molar-refractivity contribution < 1.29 is 4.79 Å². The molecule has 1 heterocycles. The first-order valence-corrected chi connectivity index (χ1v) is 9.29. The van der Waals surface area contributed by atoms with Gasteiger partial charge in [-0.15, -0.1) is 5.10 Å². The number of anilines is 1. The molecular weight excluding hydrogens is 346 g/mol. The third-order valence-electron chi connectivity index (χ3n) is 3.69. The summed E-state index contributed by atoms with van der Waals surface area (Å²) in [7, 11) is 0. The van der Waals surface area contributed by atoms with Crippen molar-refractivity contribution in [3.8, 4) is 0 Å². The van der Waals surface area contributed by atoms with Crippen LogP contribution in [0.1, 0.15) is 36.7 Å². The molecule has 0 aliphatic carbocycles. The topological polar surface area (TPSA) is 72.7 Å². The minimum atomic E-state index is -0.161. The number of rotatable bonds is 5. The molecule has 6 nitrogen and oxygen atoms in total. The zero-order valence-corrected chi connectivity index (χ0v) is 15.8. The van der Waals surface area contributed by atoms with E-state index in [-0.39, 0.29) is 11.4 Å². The molecule has 0 radical (unpaired) electrons. The van der Waals surface area contributed by atoms with Crippen LogP contribution in [0.25, 0.3) is 0 Å². The molecule has 3 aromatic rings. The van der Waals surface area contributed by atoms with E-state index in [2.05, 4.69) is 41.6 Å². The van der Waals surface area contributed by atoms with E-state index in [9.17, 15) is 4.79 Å². The Bertz CT molecular complexity index is 869. The maximum absolute atomic E-state index is 12.3. The van der Waals surface area contributed by atoms with Gasteiger partial charge in [0.1, 0.15) is 0 Å². The lowest BCUT2D eigenvalue weighted by Gasteiger charge is -2.19. The van der Waals surface area contributed by atoms with Crippen molar-refractivity contribution in [1.29, 1.82) is 0 Å². The number of thioether (sulfide) groups is 1. The lowest BCUT2D eigenvalue weighted by atomic mass is 10.1. The quantitative estimate of drug-likeness (QED) is 0.691. The first-order valence-electron chi connectivity index (χ1n) is 8.30. The summed E-state index contributed by atoms with van der Waals surface area (Å²) in [6.07, 6.45) is 0. The molecule has 1 N–H and O–H groups in total. The van der Waals surface area contributed by atoms with Crippen LogP contribution in [-0.2, 0) is 11.3 Å². The van der Waals surface area contributed by atoms with E-state index in [4.69, 9.17) is 0 Å². The summed E-state index contributed by atoms with van der Waals surface area (Å²) in [4.78, 5) is 12.3. The Kier molecular flexibility index (Phi) is 5.37. The molecule has 1 amide bonds. The first-order chi connectivity index (χ1) is 12.4. The summed E-state index contributed by atoms with van der Waals surface area (Å²) in [5.74, 6) is 0.615. The number of para-hydroxylation sites is 1. The predicted molar refractivity (Wildman–Crippen MR) is 103 cm³/mol. The molecule has 3 rings (SSSR count). The standard InChI is InChI=1S/C19H21N5OS/c1-19(2,3)24-18(21-22-23-24)26-13-14-9-11-15(12-10-14)17(25)20-16-7-5-4-6-8-16/h4-12H,13H2,1-3H3,(H,20,25). The number of nitrogens with zero attached hydrogens (tertiary/aromatic N) is 4. The highest BCUT2D eigenvalue weighted by molar-refractivity contribution is 7.98. The Hall–Kier alpha value is -2.67. The fraction of sp³-hybridized carbons (Fsp3) is 0.263. The van der Waals surface area contributed by atoms with E-state index < -0.39 is 0 Å². The van der Waals surface area contributed by atoms with Crippen LogP contribution in [0.4, 0.5) is 5.69 Å². The number of nitrogens with one attached hydrogen (secondary N) is 1. The summed E-state index contributed by atoms with van der Waals surface area (Å²) in [6.45, 7) is 6.19. The van der Waals surface area contributed by atoms with E-state index in [0.29, 0.717) is 5.56 Å². The van der Waals surface area contributed by atoms with Gasteiger partial charge in [0.2, 0.25) is 5.16 Å². The maximum atomic E-state index is 12.3. The highest BCUT2D eigenvalue weighted by Gasteiger charge is 2.19. The van der Waals surface area contributed by atoms with E-state index in [1.54, 1.807) is 11.8 Å². The average Bonchev–Trinajstić information content (AvgIpc) is 3.10. The molecule has 0 unspecified atom stereocenters. The summed E-state index contributed by atoms with van der Waals surface area (Å²) < 4.78 is 1.82. The molecule has 26 heavy (non-hydrogen) atoms. The van der Waals surface area contributed by atoms with Crippen LogP contribution < -0.4 is 5.32 Å². The van der Waals surface area contributed by atoms with Crippen molar-refractivity contribution in [2.24, 2.45) is 0 Å². The fourth-order valence-corrected chi connectivity index (χ4v) is 3.33. The largest absolute Gasteiger partial charge is 0.322 e. The van der Waals surface area contributed by atoms with Gasteiger partial charge >= 0.3 is 0 Å². The zero-order valence-electron chi connectivity index (χ0n) is 15.0. The van der Waals surface area contributed by atoms with Crippen molar-refractivity contribution in [3.05, 3.63) is 65.7 Å². The van der Waals surface area contributed by atoms with Crippen molar-refractivity contribution >= 4 is 23.4 Å². The van der Waals surface area contributed by atoms with Gasteiger partial charge in [-0.3, -0.25) is 4.79 Å². The van der Waals surface area contributed by atoms with Crippen molar-refractivity contribution in [1.82, 2.24) is 20.2 Å². The van der Waals surface area contributed by atoms with Crippen molar-refractivity contribution in [2.75, 3.05) is 5.32 Å². The maximum Gasteiger partial charge on any atom is 0.255 e. The Morgan fingerprint density at radius 2 is 1.77 bits per heavy atom. The third-order valence-corrected chi connectivity index (χ3v) is 4.68. The minimum Gasteiger partial charge on any atom is -0.322 e. The second kappa shape index (κ2) is 7.70. The summed E-state index contributed by atoms with van der Waals surface area (Å²) >= 11 is 1.58. The predicted octanol–water partition coefficient (Wildman–Crippen LogP) is 3.97. The van der Waals surface area contributed by atoms with Gasteiger partial charge in [0, 0.05) is 17.0 Å². The molecule has 2 aromatic carbocycles. The van der Waals surface area contributed by atoms with Gasteiger partial charge in [-0.1, -0.05) is 42.1 Å². The highest BCUT2D eigenvalue weighted by Crippen LogP contribution is 2.24. The number of amides is 1. The van der Waals surface area contributed by atoms with Gasteiger partial charge in [-0.25, -0.2) is 4.68 Å². The summed E-state index contributed by atoms with van der Waals surface area (Å²) in [5, 5.41) is 15.6. The van der Waals surface area contributed by atoms with Gasteiger partial charge in [-0.05, 0) is 61.0 Å². The van der Waals surface area contributed by atoms with Gasteiger partial charge in [0.05, 0.1) is 5.54 Å². The van der Waals surface area contributed by atoms with Crippen LogP contribution in [0.2, 0.25) is 0 Å². The van der Waals surface area contributed by atoms with Crippen LogP contribution in [0.5, 0.6) is 0 Å². The van der Waals surface area contributed by atoms with Gasteiger partial charge in [0.25, 0.3) is 5.91 Å². The second-order valence-electron chi connectivity index (χ2n) is 6.85. The fourth-order valence-electron chi connectivity index (χ4n) is 2.31. The van der Waals surface area contributed by atoms with E-state index in [1.807, 2.05) is 59.3 Å². The number of hydrogen-bond acceptors (Lipinski definition) is 5. The normalized spacial score (nSPS) is 11.3. The SMILES string of the molecule is CC(C)(C)n1nnnc1SCc1ccc(C(=O)Nc2ccccc2)cc1. The third kappa shape index (κ3) is 4.49. The Labute approximate surface area is 157 Å². The Morgan fingerprint density at radius 3 is 2.42 bits per heavy atom. The van der Waals surface area contributed by atoms with Crippen LogP contribution >= 0.6 is 11.8 Å². The molecular formula is C19H21N5OS. The molecule has 7 heteroatoms. The first kappa shape index (κ1) is 18.1. The monoisotopic (exact) mass is 367 g/mol. The molecule has 0 saturated heterocycles. The smallest absolute Gasteiger partial charge is 0.255 e.